The predicted octanol–water partition coefficient (Wildman–Crippen LogP) is 1.68. The summed E-state index contributed by atoms with van der Waals surface area (Å²) in [6.07, 6.45) is 2.43. The third-order valence-electron chi connectivity index (χ3n) is 5.78. The van der Waals surface area contributed by atoms with Crippen molar-refractivity contribution in [3.8, 4) is 0 Å². The van der Waals surface area contributed by atoms with Crippen LogP contribution >= 0.6 is 0 Å². The number of H-pyrrole nitrogens is 2. The topological polar surface area (TPSA) is 72.2 Å². The summed E-state index contributed by atoms with van der Waals surface area (Å²) in [5.74, 6) is 0.599. The van der Waals surface area contributed by atoms with Gasteiger partial charge in [0.15, 0.2) is 0 Å². The zero-order valence-corrected chi connectivity index (χ0v) is 15.2. The fourth-order valence-corrected chi connectivity index (χ4v) is 4.39. The van der Waals surface area contributed by atoms with E-state index in [0.29, 0.717) is 11.5 Å². The van der Waals surface area contributed by atoms with E-state index in [0.717, 1.165) is 38.3 Å². The van der Waals surface area contributed by atoms with E-state index in [2.05, 4.69) is 39.4 Å². The van der Waals surface area contributed by atoms with Gasteiger partial charge in [0.1, 0.15) is 0 Å². The quantitative estimate of drug-likeness (QED) is 0.877. The second kappa shape index (κ2) is 7.11. The van der Waals surface area contributed by atoms with Crippen molar-refractivity contribution in [2.45, 2.75) is 38.8 Å². The molecule has 2 N–H and O–H groups in total. The molecule has 0 spiro atoms. The van der Waals surface area contributed by atoms with Gasteiger partial charge >= 0.3 is 0 Å². The Morgan fingerprint density at radius 3 is 2.65 bits per heavy atom. The van der Waals surface area contributed by atoms with Crippen LogP contribution in [0.4, 0.5) is 0 Å². The molecule has 2 bridgehead atoms. The molecule has 5 rings (SSSR count). The maximum absolute atomic E-state index is 12.9. The van der Waals surface area contributed by atoms with E-state index < -0.39 is 0 Å². The third kappa shape index (κ3) is 3.46. The molecule has 2 atom stereocenters. The number of aryl methyl sites for hydroxylation is 1. The maximum atomic E-state index is 12.9. The second-order valence-corrected chi connectivity index (χ2v) is 7.68. The molecule has 1 amide bonds. The first kappa shape index (κ1) is 17.1. The van der Waals surface area contributed by atoms with E-state index in [-0.39, 0.29) is 23.9 Å². The molecule has 1 aromatic heterocycles. The normalized spacial score (nSPS) is 23.2. The fourth-order valence-electron chi connectivity index (χ4n) is 4.39. The van der Waals surface area contributed by atoms with Gasteiger partial charge in [0.25, 0.3) is 5.56 Å². The number of rotatable bonds is 4. The van der Waals surface area contributed by atoms with Crippen LogP contribution in [0.5, 0.6) is 0 Å². The SMILES string of the molecule is Cc1[nH][nH]c(=O)c1CC(=O)N1C[C@@H]2CC[C@H]1CN(Cc1ccccc1)C2. The lowest BCUT2D eigenvalue weighted by atomic mass is 9.94. The van der Waals surface area contributed by atoms with Crippen LogP contribution in [0.25, 0.3) is 0 Å². The Hall–Kier alpha value is -2.34. The Bertz CT molecular complexity index is 826. The molecule has 0 unspecified atom stereocenters. The summed E-state index contributed by atoms with van der Waals surface area (Å²) >= 11 is 0. The minimum atomic E-state index is -0.179. The molecule has 3 aliphatic heterocycles. The number of fused-ring (bicyclic) bond motifs is 4. The number of piperidine rings is 1. The lowest BCUT2D eigenvalue weighted by molar-refractivity contribution is -0.134. The van der Waals surface area contributed by atoms with Crippen molar-refractivity contribution in [3.05, 3.63) is 57.5 Å². The zero-order chi connectivity index (χ0) is 18.1. The van der Waals surface area contributed by atoms with Crippen molar-refractivity contribution >= 4 is 5.91 Å². The van der Waals surface area contributed by atoms with E-state index in [1.54, 1.807) is 0 Å². The van der Waals surface area contributed by atoms with Crippen molar-refractivity contribution in [1.82, 2.24) is 20.0 Å². The summed E-state index contributed by atoms with van der Waals surface area (Å²) in [6, 6.07) is 10.8. The molecule has 6 nitrogen and oxygen atoms in total. The molecule has 3 aliphatic rings. The van der Waals surface area contributed by atoms with Crippen molar-refractivity contribution < 1.29 is 4.79 Å². The number of hydrogen-bond acceptors (Lipinski definition) is 3. The number of carbonyl (C=O) groups excluding carboxylic acids is 1. The van der Waals surface area contributed by atoms with E-state index in [1.165, 1.54) is 12.0 Å². The number of aromatic amines is 2. The zero-order valence-electron chi connectivity index (χ0n) is 15.2. The molecule has 138 valence electrons. The van der Waals surface area contributed by atoms with E-state index >= 15 is 0 Å². The standard InChI is InChI=1S/C20H26N4O2/c1-14-18(20(26)22-21-14)9-19(25)24-12-16-7-8-17(24)13-23(11-16)10-15-5-3-2-4-6-15/h2-6,16-17H,7-13H2,1H3,(H2,21,22,26)/t16-,17+/m1/s1. The molecule has 1 aromatic carbocycles. The Morgan fingerprint density at radius 1 is 1.12 bits per heavy atom. The first-order valence-electron chi connectivity index (χ1n) is 9.42. The summed E-state index contributed by atoms with van der Waals surface area (Å²) in [5, 5.41) is 5.38. The average molecular weight is 354 g/mol. The monoisotopic (exact) mass is 354 g/mol. The second-order valence-electron chi connectivity index (χ2n) is 7.68. The smallest absolute Gasteiger partial charge is 0.267 e. The van der Waals surface area contributed by atoms with Gasteiger partial charge < -0.3 is 10.00 Å². The van der Waals surface area contributed by atoms with Crippen LogP contribution in [0.3, 0.4) is 0 Å². The van der Waals surface area contributed by atoms with Crippen LogP contribution in [0, 0.1) is 12.8 Å². The minimum Gasteiger partial charge on any atom is -0.338 e. The number of nitrogens with one attached hydrogen (secondary N) is 2. The number of amides is 1. The molecule has 4 heterocycles. The van der Waals surface area contributed by atoms with Crippen LogP contribution in [-0.4, -0.2) is 51.6 Å². The number of benzene rings is 1. The molecular formula is C20H26N4O2. The van der Waals surface area contributed by atoms with Gasteiger partial charge in [-0.3, -0.25) is 19.6 Å². The molecule has 0 radical (unpaired) electrons. The highest BCUT2D eigenvalue weighted by Crippen LogP contribution is 2.29. The summed E-state index contributed by atoms with van der Waals surface area (Å²) < 4.78 is 0. The van der Waals surface area contributed by atoms with Crippen LogP contribution in [-0.2, 0) is 17.8 Å². The van der Waals surface area contributed by atoms with E-state index in [1.807, 2.05) is 17.9 Å². The number of carbonyl (C=O) groups is 1. The highest BCUT2D eigenvalue weighted by atomic mass is 16.2. The molecule has 26 heavy (non-hydrogen) atoms. The highest BCUT2D eigenvalue weighted by molar-refractivity contribution is 5.79. The highest BCUT2D eigenvalue weighted by Gasteiger charge is 2.37. The van der Waals surface area contributed by atoms with Crippen molar-refractivity contribution in [1.29, 1.82) is 0 Å². The summed E-state index contributed by atoms with van der Waals surface area (Å²) in [4.78, 5) is 29.3. The van der Waals surface area contributed by atoms with Gasteiger partial charge in [-0.15, -0.1) is 0 Å². The van der Waals surface area contributed by atoms with Gasteiger partial charge in [-0.25, -0.2) is 0 Å². The Balaban J connectivity index is 1.46. The molecule has 0 saturated carbocycles. The van der Waals surface area contributed by atoms with E-state index in [4.69, 9.17) is 0 Å². The van der Waals surface area contributed by atoms with Crippen LogP contribution < -0.4 is 5.56 Å². The van der Waals surface area contributed by atoms with Crippen molar-refractivity contribution in [2.75, 3.05) is 19.6 Å². The molecule has 0 aliphatic carbocycles. The fraction of sp³-hybridized carbons (Fsp3) is 0.500. The van der Waals surface area contributed by atoms with Gasteiger partial charge in [-0.05, 0) is 31.2 Å². The van der Waals surface area contributed by atoms with Gasteiger partial charge in [0, 0.05) is 43.5 Å². The van der Waals surface area contributed by atoms with Gasteiger partial charge in [-0.1, -0.05) is 30.3 Å². The number of nitrogens with zero attached hydrogens (tertiary/aromatic N) is 2. The minimum absolute atomic E-state index is 0.0782. The van der Waals surface area contributed by atoms with Gasteiger partial charge in [0.05, 0.1) is 6.42 Å². The Labute approximate surface area is 153 Å². The summed E-state index contributed by atoms with van der Waals surface area (Å²) in [7, 11) is 0. The molecular weight excluding hydrogens is 328 g/mol. The largest absolute Gasteiger partial charge is 0.338 e. The Kier molecular flexibility index (Phi) is 4.68. The van der Waals surface area contributed by atoms with Gasteiger partial charge in [-0.2, -0.15) is 0 Å². The summed E-state index contributed by atoms with van der Waals surface area (Å²) in [5.41, 5.74) is 2.47. The lowest BCUT2D eigenvalue weighted by Gasteiger charge is -2.36. The third-order valence-corrected chi connectivity index (χ3v) is 5.78. The Morgan fingerprint density at radius 2 is 1.92 bits per heavy atom. The summed E-state index contributed by atoms with van der Waals surface area (Å²) in [6.45, 7) is 5.54. The predicted molar refractivity (Wildman–Crippen MR) is 99.8 cm³/mol. The number of aromatic nitrogens is 2. The first-order chi connectivity index (χ1) is 12.6. The lowest BCUT2D eigenvalue weighted by Crippen LogP contribution is -2.48. The van der Waals surface area contributed by atoms with Crippen LogP contribution in [0.1, 0.15) is 29.7 Å². The first-order valence-corrected chi connectivity index (χ1v) is 9.42. The van der Waals surface area contributed by atoms with Crippen molar-refractivity contribution in [2.24, 2.45) is 5.92 Å². The average Bonchev–Trinajstić information content (AvgIpc) is 2.82. The maximum Gasteiger partial charge on any atom is 0.267 e. The van der Waals surface area contributed by atoms with Crippen molar-refractivity contribution in [3.63, 3.8) is 0 Å². The van der Waals surface area contributed by atoms with Gasteiger partial charge in [0.2, 0.25) is 5.91 Å². The van der Waals surface area contributed by atoms with E-state index in [9.17, 15) is 9.59 Å². The van der Waals surface area contributed by atoms with Crippen LogP contribution in [0.15, 0.2) is 35.1 Å². The molecule has 3 saturated heterocycles. The molecule has 3 fully saturated rings. The van der Waals surface area contributed by atoms with Crippen LogP contribution in [0.2, 0.25) is 0 Å². The molecule has 6 heteroatoms. The number of hydrogen-bond donors (Lipinski definition) is 2. The molecule has 2 aromatic rings.